The maximum absolute atomic E-state index is 11.8. The number of hydrogen-bond donors (Lipinski definition) is 2. The van der Waals surface area contributed by atoms with Crippen LogP contribution in [0.25, 0.3) is 0 Å². The summed E-state index contributed by atoms with van der Waals surface area (Å²) in [6.45, 7) is 3.64. The Labute approximate surface area is 124 Å². The molecule has 0 radical (unpaired) electrons. The Morgan fingerprint density at radius 1 is 1.53 bits per heavy atom. The number of anilines is 1. The van der Waals surface area contributed by atoms with Crippen molar-refractivity contribution in [1.29, 1.82) is 0 Å². The summed E-state index contributed by atoms with van der Waals surface area (Å²) in [5.74, 6) is -1.42. The minimum absolute atomic E-state index is 0.167. The highest BCUT2D eigenvalue weighted by molar-refractivity contribution is 9.10. The maximum atomic E-state index is 11.8. The minimum Gasteiger partial charge on any atom is -0.464 e. The van der Waals surface area contributed by atoms with Gasteiger partial charge in [0.2, 0.25) is 0 Å². The molecule has 0 bridgehead atoms. The molecule has 7 heteroatoms. The highest BCUT2D eigenvalue weighted by Crippen LogP contribution is 2.29. The van der Waals surface area contributed by atoms with Gasteiger partial charge in [-0.1, -0.05) is 11.6 Å². The number of halogens is 2. The monoisotopic (exact) mass is 348 g/mol. The Hall–Kier alpha value is -1.11. The van der Waals surface area contributed by atoms with Crippen molar-refractivity contribution in [1.82, 2.24) is 0 Å². The average Bonchev–Trinajstić information content (AvgIpc) is 2.35. The number of hydrogen-bond acceptors (Lipinski definition) is 4. The van der Waals surface area contributed by atoms with Gasteiger partial charge in [0.25, 0.3) is 5.91 Å². The molecule has 0 heterocycles. The predicted molar refractivity (Wildman–Crippen MR) is 77.1 cm³/mol. The van der Waals surface area contributed by atoms with Crippen molar-refractivity contribution in [2.75, 3.05) is 11.9 Å². The van der Waals surface area contributed by atoms with Gasteiger partial charge >= 0.3 is 5.97 Å². The van der Waals surface area contributed by atoms with Crippen LogP contribution in [0.5, 0.6) is 0 Å². The predicted octanol–water partition coefficient (Wildman–Crippen LogP) is 2.24. The molecule has 0 aliphatic heterocycles. The van der Waals surface area contributed by atoms with Crippen molar-refractivity contribution in [3.63, 3.8) is 0 Å². The fourth-order valence-electron chi connectivity index (χ4n) is 1.29. The summed E-state index contributed by atoms with van der Waals surface area (Å²) in [6, 6.07) is 1.97. The molecule has 0 fully saturated rings. The standard InChI is InChI=1S/C12H14BrClN2O3/c1-3-19-12(18)10(15)11(17)16-9-5-8(14)6(2)4-7(9)13/h4-5,10H,3,15H2,1-2H3,(H,16,17). The molecule has 19 heavy (non-hydrogen) atoms. The second kappa shape index (κ2) is 6.88. The van der Waals surface area contributed by atoms with Crippen molar-refractivity contribution < 1.29 is 14.3 Å². The first-order chi connectivity index (χ1) is 8.86. The first kappa shape index (κ1) is 15.9. The van der Waals surface area contributed by atoms with E-state index in [0.717, 1.165) is 5.56 Å². The van der Waals surface area contributed by atoms with Crippen LogP contribution in [-0.4, -0.2) is 24.5 Å². The number of carbonyl (C=O) groups excluding carboxylic acids is 2. The van der Waals surface area contributed by atoms with Gasteiger partial charge in [-0.3, -0.25) is 4.79 Å². The molecular formula is C12H14BrClN2O3. The average molecular weight is 350 g/mol. The van der Waals surface area contributed by atoms with Crippen LogP contribution in [-0.2, 0) is 14.3 Å². The molecule has 0 aliphatic carbocycles. The van der Waals surface area contributed by atoms with Gasteiger partial charge in [-0.15, -0.1) is 0 Å². The number of amides is 1. The van der Waals surface area contributed by atoms with Gasteiger partial charge in [-0.05, 0) is 47.5 Å². The number of nitrogens with two attached hydrogens (primary N) is 1. The summed E-state index contributed by atoms with van der Waals surface area (Å²) in [5, 5.41) is 3.02. The topological polar surface area (TPSA) is 81.4 Å². The van der Waals surface area contributed by atoms with Gasteiger partial charge in [-0.25, -0.2) is 4.79 Å². The van der Waals surface area contributed by atoms with E-state index in [-0.39, 0.29) is 6.61 Å². The van der Waals surface area contributed by atoms with E-state index in [9.17, 15) is 9.59 Å². The molecule has 3 N–H and O–H groups in total. The van der Waals surface area contributed by atoms with Gasteiger partial charge < -0.3 is 15.8 Å². The van der Waals surface area contributed by atoms with Gasteiger partial charge in [0.05, 0.1) is 12.3 Å². The Bertz CT molecular complexity index is 508. The number of esters is 1. The largest absolute Gasteiger partial charge is 0.464 e. The molecule has 0 aromatic heterocycles. The van der Waals surface area contributed by atoms with E-state index in [1.54, 1.807) is 19.1 Å². The molecule has 0 spiro atoms. The molecule has 1 amide bonds. The van der Waals surface area contributed by atoms with Gasteiger partial charge in [-0.2, -0.15) is 0 Å². The summed E-state index contributed by atoms with van der Waals surface area (Å²) < 4.78 is 5.32. The van der Waals surface area contributed by atoms with E-state index >= 15 is 0 Å². The summed E-state index contributed by atoms with van der Waals surface area (Å²) in [7, 11) is 0. The highest BCUT2D eigenvalue weighted by atomic mass is 79.9. The lowest BCUT2D eigenvalue weighted by Gasteiger charge is -2.13. The molecule has 1 atom stereocenters. The number of benzene rings is 1. The first-order valence-electron chi connectivity index (χ1n) is 5.55. The summed E-state index contributed by atoms with van der Waals surface area (Å²) in [4.78, 5) is 23.1. The lowest BCUT2D eigenvalue weighted by molar-refractivity contribution is -0.146. The zero-order valence-electron chi connectivity index (χ0n) is 10.5. The second-order valence-corrected chi connectivity index (χ2v) is 5.06. The zero-order valence-corrected chi connectivity index (χ0v) is 12.8. The van der Waals surface area contributed by atoms with Crippen molar-refractivity contribution >= 4 is 45.1 Å². The molecule has 1 rings (SSSR count). The van der Waals surface area contributed by atoms with Crippen molar-refractivity contribution in [2.45, 2.75) is 19.9 Å². The second-order valence-electron chi connectivity index (χ2n) is 3.80. The molecule has 0 aliphatic rings. The van der Waals surface area contributed by atoms with E-state index in [4.69, 9.17) is 17.3 Å². The summed E-state index contributed by atoms with van der Waals surface area (Å²) >= 11 is 9.26. The van der Waals surface area contributed by atoms with Crippen molar-refractivity contribution in [3.05, 3.63) is 27.2 Å². The van der Waals surface area contributed by atoms with Crippen molar-refractivity contribution in [3.8, 4) is 0 Å². The molecule has 5 nitrogen and oxygen atoms in total. The van der Waals surface area contributed by atoms with Crippen LogP contribution in [0.3, 0.4) is 0 Å². The third-order valence-corrected chi connectivity index (χ3v) is 3.39. The number of carbonyl (C=O) groups is 2. The molecule has 1 aromatic carbocycles. The normalized spacial score (nSPS) is 11.8. The van der Waals surface area contributed by atoms with Crippen molar-refractivity contribution in [2.24, 2.45) is 5.73 Å². The zero-order chi connectivity index (χ0) is 14.6. The molecule has 1 unspecified atom stereocenters. The van der Waals surface area contributed by atoms with E-state index in [1.807, 2.05) is 6.92 Å². The fourth-order valence-corrected chi connectivity index (χ4v) is 2.01. The van der Waals surface area contributed by atoms with E-state index in [0.29, 0.717) is 15.2 Å². The molecule has 0 saturated heterocycles. The van der Waals surface area contributed by atoms with Crippen LogP contribution >= 0.6 is 27.5 Å². The lowest BCUT2D eigenvalue weighted by Crippen LogP contribution is -2.43. The fraction of sp³-hybridized carbons (Fsp3) is 0.333. The number of ether oxygens (including phenoxy) is 1. The van der Waals surface area contributed by atoms with E-state index in [1.165, 1.54) is 0 Å². The SMILES string of the molecule is CCOC(=O)C(N)C(=O)Nc1cc(Cl)c(C)cc1Br. The number of nitrogens with one attached hydrogen (secondary N) is 1. The van der Waals surface area contributed by atoms with Gasteiger partial charge in [0.1, 0.15) is 0 Å². The third kappa shape index (κ3) is 4.19. The smallest absolute Gasteiger partial charge is 0.332 e. The summed E-state index contributed by atoms with van der Waals surface area (Å²) in [5.41, 5.74) is 6.78. The van der Waals surface area contributed by atoms with Gasteiger partial charge in [0, 0.05) is 9.50 Å². The molecule has 1 aromatic rings. The maximum Gasteiger partial charge on any atom is 0.332 e. The van der Waals surface area contributed by atoms with Crippen LogP contribution in [0.2, 0.25) is 5.02 Å². The number of rotatable bonds is 4. The quantitative estimate of drug-likeness (QED) is 0.645. The summed E-state index contributed by atoms with van der Waals surface area (Å²) in [6.07, 6.45) is 0. The third-order valence-electron chi connectivity index (χ3n) is 2.33. The number of aryl methyl sites for hydroxylation is 1. The lowest BCUT2D eigenvalue weighted by atomic mass is 10.2. The van der Waals surface area contributed by atoms with Crippen LogP contribution in [0.4, 0.5) is 5.69 Å². The first-order valence-corrected chi connectivity index (χ1v) is 6.72. The molecular weight excluding hydrogens is 335 g/mol. The van der Waals surface area contributed by atoms with E-state index in [2.05, 4.69) is 26.0 Å². The Kier molecular flexibility index (Phi) is 5.78. The highest BCUT2D eigenvalue weighted by Gasteiger charge is 2.24. The van der Waals surface area contributed by atoms with Crippen LogP contribution in [0.1, 0.15) is 12.5 Å². The molecule has 104 valence electrons. The Balaban J connectivity index is 2.82. The molecule has 0 saturated carbocycles. The van der Waals surface area contributed by atoms with E-state index < -0.39 is 17.9 Å². The van der Waals surface area contributed by atoms with Crippen LogP contribution in [0, 0.1) is 6.92 Å². The Morgan fingerprint density at radius 3 is 2.74 bits per heavy atom. The minimum atomic E-state index is -1.37. The van der Waals surface area contributed by atoms with Crippen LogP contribution < -0.4 is 11.1 Å². The Morgan fingerprint density at radius 2 is 2.16 bits per heavy atom. The van der Waals surface area contributed by atoms with Gasteiger partial charge in [0.15, 0.2) is 6.04 Å². The van der Waals surface area contributed by atoms with Crippen LogP contribution in [0.15, 0.2) is 16.6 Å².